The summed E-state index contributed by atoms with van der Waals surface area (Å²) in [6.45, 7) is 0.221. The molecule has 0 bridgehead atoms. The predicted molar refractivity (Wildman–Crippen MR) is 93.6 cm³/mol. The molecule has 0 saturated carbocycles. The molecule has 0 atom stereocenters. The number of para-hydroxylation sites is 1. The fraction of sp³-hybridized carbons (Fsp3) is 0.100. The number of esters is 1. The lowest BCUT2D eigenvalue weighted by atomic mass is 10.2. The molecule has 4 nitrogen and oxygen atoms in total. The summed E-state index contributed by atoms with van der Waals surface area (Å²) in [4.78, 5) is 16.3. The summed E-state index contributed by atoms with van der Waals surface area (Å²) in [5.74, 6) is 0.369. The fourth-order valence-corrected chi connectivity index (χ4v) is 2.25. The normalized spacial score (nSPS) is 10.9. The molecule has 4 heteroatoms. The summed E-state index contributed by atoms with van der Waals surface area (Å²) >= 11 is 0. The molecule has 1 heterocycles. The Morgan fingerprint density at radius 3 is 2.62 bits per heavy atom. The molecule has 120 valence electrons. The Labute approximate surface area is 140 Å². The SMILES string of the molecule is COc1ccc(COC(=O)/C=C/c2ccc3ccccc3n2)cc1. The maximum Gasteiger partial charge on any atom is 0.331 e. The van der Waals surface area contributed by atoms with Crippen LogP contribution >= 0.6 is 0 Å². The van der Waals surface area contributed by atoms with Gasteiger partial charge in [-0.3, -0.25) is 0 Å². The molecule has 3 aromatic rings. The lowest BCUT2D eigenvalue weighted by Gasteiger charge is -2.04. The van der Waals surface area contributed by atoms with E-state index in [-0.39, 0.29) is 6.61 Å². The van der Waals surface area contributed by atoms with Gasteiger partial charge in [0.05, 0.1) is 18.3 Å². The maximum atomic E-state index is 11.8. The Balaban J connectivity index is 1.59. The molecular formula is C20H17NO3. The van der Waals surface area contributed by atoms with E-state index < -0.39 is 5.97 Å². The second-order valence-corrected chi connectivity index (χ2v) is 5.22. The molecule has 0 aliphatic heterocycles. The van der Waals surface area contributed by atoms with E-state index in [9.17, 15) is 4.79 Å². The van der Waals surface area contributed by atoms with E-state index in [0.717, 1.165) is 27.9 Å². The molecule has 2 aromatic carbocycles. The monoisotopic (exact) mass is 319 g/mol. The minimum Gasteiger partial charge on any atom is -0.497 e. The van der Waals surface area contributed by atoms with E-state index in [4.69, 9.17) is 9.47 Å². The lowest BCUT2D eigenvalue weighted by Crippen LogP contribution is -2.00. The average Bonchev–Trinajstić information content (AvgIpc) is 2.65. The summed E-state index contributed by atoms with van der Waals surface area (Å²) in [7, 11) is 1.61. The van der Waals surface area contributed by atoms with Gasteiger partial charge in [0.2, 0.25) is 0 Å². The van der Waals surface area contributed by atoms with Crippen LogP contribution in [-0.4, -0.2) is 18.1 Å². The number of ether oxygens (including phenoxy) is 2. The van der Waals surface area contributed by atoms with Gasteiger partial charge in [-0.15, -0.1) is 0 Å². The van der Waals surface area contributed by atoms with Crippen molar-refractivity contribution in [2.75, 3.05) is 7.11 Å². The zero-order valence-corrected chi connectivity index (χ0v) is 13.3. The highest BCUT2D eigenvalue weighted by atomic mass is 16.5. The topological polar surface area (TPSA) is 48.4 Å². The van der Waals surface area contributed by atoms with Crippen molar-refractivity contribution in [3.8, 4) is 5.75 Å². The van der Waals surface area contributed by atoms with Crippen LogP contribution in [-0.2, 0) is 16.1 Å². The number of aromatic nitrogens is 1. The van der Waals surface area contributed by atoms with Crippen molar-refractivity contribution >= 4 is 22.9 Å². The zero-order valence-electron chi connectivity index (χ0n) is 13.3. The molecular weight excluding hydrogens is 302 g/mol. The van der Waals surface area contributed by atoms with Gasteiger partial charge < -0.3 is 9.47 Å². The second-order valence-electron chi connectivity index (χ2n) is 5.22. The van der Waals surface area contributed by atoms with Gasteiger partial charge in [-0.2, -0.15) is 0 Å². The Kier molecular flexibility index (Phi) is 4.87. The van der Waals surface area contributed by atoms with Gasteiger partial charge in [-0.25, -0.2) is 9.78 Å². The van der Waals surface area contributed by atoms with Gasteiger partial charge in [-0.1, -0.05) is 36.4 Å². The number of methoxy groups -OCH3 is 1. The van der Waals surface area contributed by atoms with Gasteiger partial charge in [0.1, 0.15) is 12.4 Å². The largest absolute Gasteiger partial charge is 0.497 e. The Bertz CT molecular complexity index is 869. The number of fused-ring (bicyclic) bond motifs is 1. The van der Waals surface area contributed by atoms with Crippen molar-refractivity contribution in [2.45, 2.75) is 6.61 Å². The molecule has 0 aliphatic carbocycles. The van der Waals surface area contributed by atoms with Crippen molar-refractivity contribution in [3.63, 3.8) is 0 Å². The van der Waals surface area contributed by atoms with E-state index in [1.807, 2.05) is 60.7 Å². The average molecular weight is 319 g/mol. The van der Waals surface area contributed by atoms with Crippen LogP contribution in [0.25, 0.3) is 17.0 Å². The molecule has 0 fully saturated rings. The van der Waals surface area contributed by atoms with Crippen LogP contribution in [0.3, 0.4) is 0 Å². The molecule has 3 rings (SSSR count). The van der Waals surface area contributed by atoms with Gasteiger partial charge in [-0.05, 0) is 35.9 Å². The highest BCUT2D eigenvalue weighted by molar-refractivity contribution is 5.87. The number of hydrogen-bond acceptors (Lipinski definition) is 4. The maximum absolute atomic E-state index is 11.8. The van der Waals surface area contributed by atoms with Gasteiger partial charge in [0, 0.05) is 11.5 Å². The minimum atomic E-state index is -0.402. The van der Waals surface area contributed by atoms with Crippen molar-refractivity contribution < 1.29 is 14.3 Å². The molecule has 0 unspecified atom stereocenters. The van der Waals surface area contributed by atoms with Crippen LogP contribution < -0.4 is 4.74 Å². The molecule has 0 spiro atoms. The number of rotatable bonds is 5. The summed E-state index contributed by atoms with van der Waals surface area (Å²) in [5.41, 5.74) is 2.52. The van der Waals surface area contributed by atoms with E-state index in [1.165, 1.54) is 6.08 Å². The Hall–Kier alpha value is -3.14. The van der Waals surface area contributed by atoms with Gasteiger partial charge in [0.25, 0.3) is 0 Å². The molecule has 24 heavy (non-hydrogen) atoms. The molecule has 0 saturated heterocycles. The van der Waals surface area contributed by atoms with Crippen molar-refractivity contribution in [3.05, 3.63) is 78.0 Å². The second kappa shape index (κ2) is 7.42. The zero-order chi connectivity index (χ0) is 16.8. The number of pyridine rings is 1. The van der Waals surface area contributed by atoms with Crippen molar-refractivity contribution in [2.24, 2.45) is 0 Å². The molecule has 0 N–H and O–H groups in total. The first kappa shape index (κ1) is 15.7. The first-order chi connectivity index (χ1) is 11.7. The smallest absolute Gasteiger partial charge is 0.331 e. The fourth-order valence-electron chi connectivity index (χ4n) is 2.25. The minimum absolute atomic E-state index is 0.221. The van der Waals surface area contributed by atoms with Crippen LogP contribution in [0.4, 0.5) is 0 Å². The third-order valence-corrected chi connectivity index (χ3v) is 3.55. The van der Waals surface area contributed by atoms with Gasteiger partial charge >= 0.3 is 5.97 Å². The van der Waals surface area contributed by atoms with E-state index >= 15 is 0 Å². The molecule has 0 aliphatic rings. The molecule has 0 radical (unpaired) electrons. The highest BCUT2D eigenvalue weighted by Crippen LogP contribution is 2.13. The van der Waals surface area contributed by atoms with E-state index in [0.29, 0.717) is 0 Å². The van der Waals surface area contributed by atoms with Crippen molar-refractivity contribution in [1.29, 1.82) is 0 Å². The van der Waals surface area contributed by atoms with E-state index in [1.54, 1.807) is 13.2 Å². The first-order valence-electron chi connectivity index (χ1n) is 7.58. The molecule has 1 aromatic heterocycles. The number of nitrogens with zero attached hydrogens (tertiary/aromatic N) is 1. The standard InChI is InChI=1S/C20H17NO3/c1-23-18-11-6-15(7-12-18)14-24-20(22)13-10-17-9-8-16-4-2-3-5-19(16)21-17/h2-13H,14H2,1H3/b13-10+. The van der Waals surface area contributed by atoms with Crippen LogP contribution in [0.5, 0.6) is 5.75 Å². The number of hydrogen-bond donors (Lipinski definition) is 0. The predicted octanol–water partition coefficient (Wildman–Crippen LogP) is 4.00. The van der Waals surface area contributed by atoms with Crippen LogP contribution in [0, 0.1) is 0 Å². The highest BCUT2D eigenvalue weighted by Gasteiger charge is 2.01. The number of carbonyl (C=O) groups is 1. The van der Waals surface area contributed by atoms with E-state index in [2.05, 4.69) is 4.98 Å². The van der Waals surface area contributed by atoms with Crippen molar-refractivity contribution in [1.82, 2.24) is 4.98 Å². The van der Waals surface area contributed by atoms with Crippen LogP contribution in [0.15, 0.2) is 66.7 Å². The lowest BCUT2D eigenvalue weighted by molar-refractivity contribution is -0.138. The summed E-state index contributed by atoms with van der Waals surface area (Å²) in [6.07, 6.45) is 3.05. The third-order valence-electron chi connectivity index (χ3n) is 3.55. The first-order valence-corrected chi connectivity index (χ1v) is 7.58. The van der Waals surface area contributed by atoms with Crippen LogP contribution in [0.1, 0.15) is 11.3 Å². The summed E-state index contributed by atoms with van der Waals surface area (Å²) in [6, 6.07) is 19.1. The quantitative estimate of drug-likeness (QED) is 0.527. The number of carbonyl (C=O) groups excluding carboxylic acids is 1. The number of benzene rings is 2. The molecule has 0 amide bonds. The third kappa shape index (κ3) is 3.98. The Morgan fingerprint density at radius 1 is 1.04 bits per heavy atom. The summed E-state index contributed by atoms with van der Waals surface area (Å²) in [5, 5.41) is 1.07. The van der Waals surface area contributed by atoms with Crippen LogP contribution in [0.2, 0.25) is 0 Å². The Morgan fingerprint density at radius 2 is 1.83 bits per heavy atom. The van der Waals surface area contributed by atoms with Gasteiger partial charge in [0.15, 0.2) is 0 Å². The summed E-state index contributed by atoms with van der Waals surface area (Å²) < 4.78 is 10.3.